The van der Waals surface area contributed by atoms with Gasteiger partial charge in [0.2, 0.25) is 5.91 Å². The Hall–Kier alpha value is -3.39. The van der Waals surface area contributed by atoms with Gasteiger partial charge >= 0.3 is 0 Å². The number of carbonyl (C=O) groups excluding carboxylic acids is 1. The van der Waals surface area contributed by atoms with Crippen LogP contribution in [0.25, 0.3) is 22.2 Å². The SMILES string of the molecule is Cc1nc(-c2ccc(CCNC(=O)Cn3nnc4ccccc4c3=O)cc2)cs1. The van der Waals surface area contributed by atoms with E-state index in [1.165, 1.54) is 0 Å². The summed E-state index contributed by atoms with van der Waals surface area (Å²) >= 11 is 1.63. The molecule has 4 aromatic rings. The lowest BCUT2D eigenvalue weighted by Crippen LogP contribution is -2.35. The number of hydrogen-bond donors (Lipinski definition) is 1. The monoisotopic (exact) mass is 405 g/mol. The van der Waals surface area contributed by atoms with E-state index in [0.717, 1.165) is 26.5 Å². The van der Waals surface area contributed by atoms with Gasteiger partial charge in [-0.2, -0.15) is 0 Å². The Kier molecular flexibility index (Phi) is 5.44. The molecule has 1 amide bonds. The molecule has 2 aromatic carbocycles. The van der Waals surface area contributed by atoms with Crippen molar-refractivity contribution in [3.05, 3.63) is 74.8 Å². The molecule has 0 aliphatic rings. The maximum absolute atomic E-state index is 12.4. The Bertz CT molecular complexity index is 1210. The van der Waals surface area contributed by atoms with Crippen molar-refractivity contribution in [1.29, 1.82) is 0 Å². The number of rotatable bonds is 6. The van der Waals surface area contributed by atoms with Gasteiger partial charge in [-0.3, -0.25) is 9.59 Å². The third kappa shape index (κ3) is 4.38. The molecule has 0 unspecified atom stereocenters. The molecule has 0 saturated heterocycles. The number of aromatic nitrogens is 4. The predicted molar refractivity (Wildman–Crippen MR) is 113 cm³/mol. The van der Waals surface area contributed by atoms with Crippen LogP contribution in [-0.2, 0) is 17.8 Å². The topological polar surface area (TPSA) is 89.8 Å². The van der Waals surface area contributed by atoms with Crippen molar-refractivity contribution in [2.24, 2.45) is 0 Å². The minimum Gasteiger partial charge on any atom is -0.354 e. The van der Waals surface area contributed by atoms with Gasteiger partial charge < -0.3 is 5.32 Å². The molecule has 1 N–H and O–H groups in total. The number of hydrogen-bond acceptors (Lipinski definition) is 6. The van der Waals surface area contributed by atoms with Crippen LogP contribution in [0.15, 0.2) is 58.7 Å². The first kappa shape index (κ1) is 18.9. The average molecular weight is 405 g/mol. The van der Waals surface area contributed by atoms with Crippen molar-refractivity contribution < 1.29 is 4.79 Å². The summed E-state index contributed by atoms with van der Waals surface area (Å²) in [6.07, 6.45) is 0.695. The van der Waals surface area contributed by atoms with Crippen LogP contribution in [0.3, 0.4) is 0 Å². The van der Waals surface area contributed by atoms with E-state index in [1.807, 2.05) is 36.6 Å². The Balaban J connectivity index is 1.32. The molecule has 2 heterocycles. The fourth-order valence-electron chi connectivity index (χ4n) is 3.00. The third-order valence-electron chi connectivity index (χ3n) is 4.53. The highest BCUT2D eigenvalue weighted by molar-refractivity contribution is 7.09. The van der Waals surface area contributed by atoms with Crippen molar-refractivity contribution >= 4 is 28.1 Å². The van der Waals surface area contributed by atoms with Gasteiger partial charge in [0, 0.05) is 17.5 Å². The number of fused-ring (bicyclic) bond motifs is 1. The lowest BCUT2D eigenvalue weighted by atomic mass is 10.1. The number of benzene rings is 2. The molecule has 0 bridgehead atoms. The van der Waals surface area contributed by atoms with Gasteiger partial charge in [0.1, 0.15) is 12.1 Å². The Labute approximate surface area is 171 Å². The van der Waals surface area contributed by atoms with Crippen molar-refractivity contribution in [3.8, 4) is 11.3 Å². The zero-order valence-electron chi connectivity index (χ0n) is 15.8. The fourth-order valence-corrected chi connectivity index (χ4v) is 3.63. The van der Waals surface area contributed by atoms with Crippen LogP contribution < -0.4 is 10.9 Å². The molecule has 146 valence electrons. The first-order chi connectivity index (χ1) is 14.1. The van der Waals surface area contributed by atoms with Gasteiger partial charge in [0.25, 0.3) is 5.56 Å². The Morgan fingerprint density at radius 3 is 2.69 bits per heavy atom. The minimum absolute atomic E-state index is 0.154. The van der Waals surface area contributed by atoms with Gasteiger partial charge in [-0.1, -0.05) is 41.6 Å². The van der Waals surface area contributed by atoms with E-state index in [2.05, 4.69) is 20.6 Å². The Morgan fingerprint density at radius 2 is 1.93 bits per heavy atom. The summed E-state index contributed by atoms with van der Waals surface area (Å²) in [6, 6.07) is 15.1. The maximum atomic E-state index is 12.4. The molecule has 8 heteroatoms. The van der Waals surface area contributed by atoms with Crippen molar-refractivity contribution in [1.82, 2.24) is 25.3 Å². The summed E-state index contributed by atoms with van der Waals surface area (Å²) in [5, 5.41) is 14.2. The highest BCUT2D eigenvalue weighted by Gasteiger charge is 2.09. The lowest BCUT2D eigenvalue weighted by Gasteiger charge is -2.07. The number of aryl methyl sites for hydroxylation is 1. The molecule has 0 aliphatic heterocycles. The molecular formula is C21H19N5O2S. The molecular weight excluding hydrogens is 386 g/mol. The summed E-state index contributed by atoms with van der Waals surface area (Å²) in [5.41, 5.74) is 3.37. The zero-order chi connectivity index (χ0) is 20.2. The van der Waals surface area contributed by atoms with Gasteiger partial charge in [0.15, 0.2) is 0 Å². The molecule has 0 atom stereocenters. The second-order valence-corrected chi connectivity index (χ2v) is 7.68. The van der Waals surface area contributed by atoms with Crippen molar-refractivity contribution in [3.63, 3.8) is 0 Å². The van der Waals surface area contributed by atoms with E-state index >= 15 is 0 Å². The quantitative estimate of drug-likeness (QED) is 0.533. The number of amides is 1. The largest absolute Gasteiger partial charge is 0.354 e. The summed E-state index contributed by atoms with van der Waals surface area (Å²) < 4.78 is 1.09. The first-order valence-corrected chi connectivity index (χ1v) is 10.1. The number of nitrogens with zero attached hydrogens (tertiary/aromatic N) is 4. The van der Waals surface area contributed by atoms with Crippen LogP contribution >= 0.6 is 11.3 Å². The standard InChI is InChI=1S/C21H19N5O2S/c1-14-23-19(13-29-14)16-8-6-15(7-9-16)10-11-22-20(27)12-26-21(28)17-4-2-3-5-18(17)24-25-26/h2-9,13H,10-12H2,1H3,(H,22,27). The number of thiazole rings is 1. The first-order valence-electron chi connectivity index (χ1n) is 9.21. The summed E-state index contributed by atoms with van der Waals surface area (Å²) in [7, 11) is 0. The van der Waals surface area contributed by atoms with E-state index in [9.17, 15) is 9.59 Å². The maximum Gasteiger partial charge on any atom is 0.278 e. The molecule has 0 aliphatic carbocycles. The van der Waals surface area contributed by atoms with E-state index in [-0.39, 0.29) is 18.0 Å². The Morgan fingerprint density at radius 1 is 1.14 bits per heavy atom. The predicted octanol–water partition coefficient (Wildman–Crippen LogP) is 2.58. The van der Waals surface area contributed by atoms with Crippen LogP contribution in [0.1, 0.15) is 10.6 Å². The number of carbonyl (C=O) groups is 1. The second kappa shape index (κ2) is 8.32. The van der Waals surface area contributed by atoms with E-state index in [1.54, 1.807) is 35.6 Å². The normalized spacial score (nSPS) is 10.9. The highest BCUT2D eigenvalue weighted by Crippen LogP contribution is 2.21. The van der Waals surface area contributed by atoms with Gasteiger partial charge in [0.05, 0.1) is 16.1 Å². The molecule has 7 nitrogen and oxygen atoms in total. The second-order valence-electron chi connectivity index (χ2n) is 6.62. The summed E-state index contributed by atoms with van der Waals surface area (Å²) in [5.74, 6) is -0.272. The van der Waals surface area contributed by atoms with E-state index in [0.29, 0.717) is 23.9 Å². The molecule has 0 spiro atoms. The highest BCUT2D eigenvalue weighted by atomic mass is 32.1. The van der Waals surface area contributed by atoms with Crippen LogP contribution in [-0.4, -0.2) is 32.4 Å². The van der Waals surface area contributed by atoms with Gasteiger partial charge in [-0.15, -0.1) is 16.4 Å². The molecule has 0 saturated carbocycles. The molecule has 0 radical (unpaired) electrons. The van der Waals surface area contributed by atoms with Crippen LogP contribution in [0, 0.1) is 6.92 Å². The van der Waals surface area contributed by atoms with E-state index in [4.69, 9.17) is 0 Å². The minimum atomic E-state index is -0.321. The van der Waals surface area contributed by atoms with Gasteiger partial charge in [-0.05, 0) is 31.0 Å². The summed E-state index contributed by atoms with van der Waals surface area (Å²) in [6.45, 7) is 2.31. The van der Waals surface area contributed by atoms with Crippen LogP contribution in [0.4, 0.5) is 0 Å². The fraction of sp³-hybridized carbons (Fsp3) is 0.190. The third-order valence-corrected chi connectivity index (χ3v) is 5.30. The van der Waals surface area contributed by atoms with Crippen molar-refractivity contribution in [2.75, 3.05) is 6.54 Å². The molecule has 0 fully saturated rings. The van der Waals surface area contributed by atoms with Crippen LogP contribution in [0.2, 0.25) is 0 Å². The van der Waals surface area contributed by atoms with Crippen LogP contribution in [0.5, 0.6) is 0 Å². The lowest BCUT2D eigenvalue weighted by molar-refractivity contribution is -0.121. The van der Waals surface area contributed by atoms with Crippen molar-refractivity contribution in [2.45, 2.75) is 19.9 Å². The molecule has 29 heavy (non-hydrogen) atoms. The average Bonchev–Trinajstić information content (AvgIpc) is 3.17. The summed E-state index contributed by atoms with van der Waals surface area (Å²) in [4.78, 5) is 29.1. The van der Waals surface area contributed by atoms with E-state index < -0.39 is 0 Å². The zero-order valence-corrected chi connectivity index (χ0v) is 16.6. The number of nitrogens with one attached hydrogen (secondary N) is 1. The molecule has 2 aromatic heterocycles. The van der Waals surface area contributed by atoms with Gasteiger partial charge in [-0.25, -0.2) is 9.67 Å². The molecule has 4 rings (SSSR count). The smallest absolute Gasteiger partial charge is 0.278 e.